The van der Waals surface area contributed by atoms with E-state index in [4.69, 9.17) is 10.3 Å². The summed E-state index contributed by atoms with van der Waals surface area (Å²) < 4.78 is 6.94. The minimum absolute atomic E-state index is 0.0551. The lowest BCUT2D eigenvalue weighted by molar-refractivity contribution is -0.122. The molecule has 11 heteroatoms. The van der Waals surface area contributed by atoms with E-state index < -0.39 is 30.2 Å². The van der Waals surface area contributed by atoms with Crippen LogP contribution in [0.3, 0.4) is 0 Å². The SMILES string of the molecule is [N-]=[N+]=NC1(CO)OC(n2cnc3c(=O)[nH]cnc32)CC1O. The summed E-state index contributed by atoms with van der Waals surface area (Å²) in [5.41, 5.74) is 6.78. The summed E-state index contributed by atoms with van der Waals surface area (Å²) in [6, 6.07) is 0. The average molecular weight is 293 g/mol. The number of rotatable bonds is 3. The first kappa shape index (κ1) is 13.5. The summed E-state index contributed by atoms with van der Waals surface area (Å²) >= 11 is 0. The lowest BCUT2D eigenvalue weighted by Crippen LogP contribution is -2.40. The molecule has 0 saturated carbocycles. The van der Waals surface area contributed by atoms with E-state index in [0.717, 1.165) is 0 Å². The second-order valence-electron chi connectivity index (χ2n) is 4.57. The number of aliphatic hydroxyl groups excluding tert-OH is 2. The van der Waals surface area contributed by atoms with E-state index in [2.05, 4.69) is 25.0 Å². The molecular formula is C10H11N7O4. The largest absolute Gasteiger partial charge is 0.393 e. The van der Waals surface area contributed by atoms with Crippen LogP contribution >= 0.6 is 0 Å². The van der Waals surface area contributed by atoms with Crippen LogP contribution in [0.1, 0.15) is 12.6 Å². The number of hydrogen-bond acceptors (Lipinski definition) is 7. The number of nitrogens with one attached hydrogen (secondary N) is 1. The number of aliphatic hydroxyl groups is 2. The fourth-order valence-corrected chi connectivity index (χ4v) is 2.32. The first-order valence-electron chi connectivity index (χ1n) is 6.04. The van der Waals surface area contributed by atoms with Crippen LogP contribution in [0.25, 0.3) is 21.6 Å². The number of H-pyrrole nitrogens is 1. The molecule has 1 fully saturated rings. The molecule has 3 rings (SSSR count). The maximum Gasteiger partial charge on any atom is 0.278 e. The molecule has 0 bridgehead atoms. The molecule has 110 valence electrons. The molecule has 21 heavy (non-hydrogen) atoms. The van der Waals surface area contributed by atoms with Gasteiger partial charge < -0.3 is 19.9 Å². The second kappa shape index (κ2) is 4.82. The third-order valence-corrected chi connectivity index (χ3v) is 3.40. The number of azide groups is 1. The Bertz CT molecular complexity index is 779. The zero-order valence-corrected chi connectivity index (χ0v) is 10.6. The van der Waals surface area contributed by atoms with Gasteiger partial charge >= 0.3 is 0 Å². The first-order valence-corrected chi connectivity index (χ1v) is 6.04. The maximum absolute atomic E-state index is 11.6. The summed E-state index contributed by atoms with van der Waals surface area (Å²) in [7, 11) is 0. The molecule has 0 radical (unpaired) electrons. The van der Waals surface area contributed by atoms with E-state index in [-0.39, 0.29) is 17.6 Å². The molecule has 3 heterocycles. The zero-order chi connectivity index (χ0) is 15.0. The molecule has 2 aromatic heterocycles. The van der Waals surface area contributed by atoms with E-state index in [0.29, 0.717) is 0 Å². The van der Waals surface area contributed by atoms with E-state index >= 15 is 0 Å². The number of ether oxygens (including phenoxy) is 1. The fourth-order valence-electron chi connectivity index (χ4n) is 2.32. The van der Waals surface area contributed by atoms with E-state index in [9.17, 15) is 15.0 Å². The Balaban J connectivity index is 2.04. The van der Waals surface area contributed by atoms with Crippen LogP contribution in [0, 0.1) is 0 Å². The number of aromatic amines is 1. The quantitative estimate of drug-likeness (QED) is 0.388. The molecule has 0 aliphatic carbocycles. The average Bonchev–Trinajstić information content (AvgIpc) is 3.03. The molecular weight excluding hydrogens is 282 g/mol. The van der Waals surface area contributed by atoms with Gasteiger partial charge in [-0.25, -0.2) is 9.97 Å². The molecule has 3 atom stereocenters. The third-order valence-electron chi connectivity index (χ3n) is 3.40. The Kier molecular flexibility index (Phi) is 3.11. The van der Waals surface area contributed by atoms with Crippen molar-refractivity contribution >= 4 is 11.2 Å². The van der Waals surface area contributed by atoms with Crippen molar-refractivity contribution in [3.63, 3.8) is 0 Å². The molecule has 3 N–H and O–H groups in total. The Labute approximate surface area is 116 Å². The van der Waals surface area contributed by atoms with Gasteiger partial charge in [0, 0.05) is 11.3 Å². The monoisotopic (exact) mass is 293 g/mol. The van der Waals surface area contributed by atoms with Gasteiger partial charge in [0.25, 0.3) is 5.56 Å². The number of imidazole rings is 1. The van der Waals surface area contributed by atoms with Gasteiger partial charge in [0.15, 0.2) is 16.9 Å². The van der Waals surface area contributed by atoms with Gasteiger partial charge in [0.2, 0.25) is 0 Å². The zero-order valence-electron chi connectivity index (χ0n) is 10.6. The van der Waals surface area contributed by atoms with Crippen LogP contribution in [-0.4, -0.2) is 48.2 Å². The first-order chi connectivity index (χ1) is 10.1. The van der Waals surface area contributed by atoms with Crippen molar-refractivity contribution in [3.05, 3.63) is 33.5 Å². The minimum Gasteiger partial charge on any atom is -0.393 e. The van der Waals surface area contributed by atoms with E-state index in [1.807, 2.05) is 0 Å². The Morgan fingerprint density at radius 3 is 3.19 bits per heavy atom. The van der Waals surface area contributed by atoms with Gasteiger partial charge in [0.05, 0.1) is 25.4 Å². The van der Waals surface area contributed by atoms with Gasteiger partial charge in [-0.05, 0) is 5.53 Å². The fraction of sp³-hybridized carbons (Fsp3) is 0.500. The van der Waals surface area contributed by atoms with Gasteiger partial charge in [-0.3, -0.25) is 9.36 Å². The third kappa shape index (κ3) is 1.96. The smallest absolute Gasteiger partial charge is 0.278 e. The van der Waals surface area contributed by atoms with Crippen molar-refractivity contribution in [1.29, 1.82) is 0 Å². The highest BCUT2D eigenvalue weighted by atomic mass is 16.6. The number of hydrogen-bond donors (Lipinski definition) is 3. The molecule has 0 aromatic carbocycles. The van der Waals surface area contributed by atoms with Crippen molar-refractivity contribution in [3.8, 4) is 0 Å². The van der Waals surface area contributed by atoms with Crippen LogP contribution < -0.4 is 5.56 Å². The van der Waals surface area contributed by atoms with Crippen molar-refractivity contribution in [2.24, 2.45) is 5.11 Å². The summed E-state index contributed by atoms with van der Waals surface area (Å²) in [5, 5.41) is 22.7. The molecule has 0 spiro atoms. The molecule has 3 unspecified atom stereocenters. The Morgan fingerprint density at radius 1 is 1.67 bits per heavy atom. The molecule has 2 aromatic rings. The van der Waals surface area contributed by atoms with Crippen molar-refractivity contribution < 1.29 is 14.9 Å². The lowest BCUT2D eigenvalue weighted by atomic mass is 10.1. The maximum atomic E-state index is 11.6. The highest BCUT2D eigenvalue weighted by Gasteiger charge is 2.48. The van der Waals surface area contributed by atoms with Crippen LogP contribution in [-0.2, 0) is 4.74 Å². The van der Waals surface area contributed by atoms with Gasteiger partial charge in [-0.2, -0.15) is 0 Å². The van der Waals surface area contributed by atoms with Gasteiger partial charge in [-0.15, -0.1) is 0 Å². The highest BCUT2D eigenvalue weighted by molar-refractivity contribution is 5.68. The Morgan fingerprint density at radius 2 is 2.48 bits per heavy atom. The summed E-state index contributed by atoms with van der Waals surface area (Å²) in [6.07, 6.45) is 0.661. The van der Waals surface area contributed by atoms with Crippen LogP contribution in [0.2, 0.25) is 0 Å². The minimum atomic E-state index is -1.75. The number of nitrogens with zero attached hydrogens (tertiary/aromatic N) is 6. The molecule has 11 nitrogen and oxygen atoms in total. The highest BCUT2D eigenvalue weighted by Crippen LogP contribution is 2.38. The molecule has 1 aliphatic rings. The van der Waals surface area contributed by atoms with Crippen LogP contribution in [0.15, 0.2) is 22.6 Å². The predicted molar refractivity (Wildman–Crippen MR) is 67.9 cm³/mol. The summed E-state index contributed by atoms with van der Waals surface area (Å²) in [6.45, 7) is -0.671. The van der Waals surface area contributed by atoms with E-state index in [1.165, 1.54) is 17.2 Å². The van der Waals surface area contributed by atoms with Crippen LogP contribution in [0.5, 0.6) is 0 Å². The van der Waals surface area contributed by atoms with Crippen molar-refractivity contribution in [2.45, 2.75) is 24.5 Å². The summed E-state index contributed by atoms with van der Waals surface area (Å²) in [5.74, 6) is 0. The van der Waals surface area contributed by atoms with Crippen molar-refractivity contribution in [2.75, 3.05) is 6.61 Å². The number of fused-ring (bicyclic) bond motifs is 1. The van der Waals surface area contributed by atoms with Crippen LogP contribution in [0.4, 0.5) is 0 Å². The van der Waals surface area contributed by atoms with Gasteiger partial charge in [0.1, 0.15) is 6.23 Å². The topological polar surface area (TPSA) is 162 Å². The lowest BCUT2D eigenvalue weighted by Gasteiger charge is -2.24. The van der Waals surface area contributed by atoms with E-state index in [1.54, 1.807) is 0 Å². The molecule has 0 amide bonds. The Hall–Kier alpha value is -2.46. The predicted octanol–water partition coefficient (Wildman–Crippen LogP) is -0.602. The normalized spacial score (nSPS) is 28.7. The van der Waals surface area contributed by atoms with Gasteiger partial charge in [-0.1, -0.05) is 5.11 Å². The standard InChI is InChI=1S/C10H11N7O4/c11-16-15-10(2-18)5(19)1-6(21-10)17-4-14-7-8(17)12-3-13-9(7)20/h3-6,18-19H,1-2H2,(H,12,13,20). The number of aromatic nitrogens is 4. The molecule has 1 saturated heterocycles. The van der Waals surface area contributed by atoms with Crippen molar-refractivity contribution in [1.82, 2.24) is 19.5 Å². The molecule has 1 aliphatic heterocycles. The second-order valence-corrected chi connectivity index (χ2v) is 4.57. The summed E-state index contributed by atoms with van der Waals surface area (Å²) in [4.78, 5) is 24.5.